The maximum Gasteiger partial charge on any atom is 0.170 e. The Morgan fingerprint density at radius 1 is 1.15 bits per heavy atom. The Morgan fingerprint density at radius 2 is 1.90 bits per heavy atom. The van der Waals surface area contributed by atoms with Crippen LogP contribution in [-0.4, -0.2) is 16.8 Å². The molecule has 0 aromatic heterocycles. The number of thiocarbonyl (C=S) groups is 1. The summed E-state index contributed by atoms with van der Waals surface area (Å²) in [4.78, 5) is 0. The fraction of sp³-hybridized carbons (Fsp3) is 0.188. The average Bonchev–Trinajstić information content (AvgIpc) is 2.43. The third-order valence-corrected chi connectivity index (χ3v) is 3.19. The van der Waals surface area contributed by atoms with Crippen molar-refractivity contribution >= 4 is 23.0 Å². The van der Waals surface area contributed by atoms with Crippen molar-refractivity contribution in [3.8, 4) is 5.75 Å². The van der Waals surface area contributed by atoms with Crippen molar-refractivity contribution in [1.82, 2.24) is 5.32 Å². The van der Waals surface area contributed by atoms with E-state index in [1.54, 1.807) is 6.07 Å². The van der Waals surface area contributed by atoms with Crippen LogP contribution in [0.1, 0.15) is 11.1 Å². The number of hydrogen-bond donors (Lipinski definition) is 3. The molecule has 0 aliphatic carbocycles. The van der Waals surface area contributed by atoms with Crippen LogP contribution in [0.25, 0.3) is 0 Å². The fourth-order valence-corrected chi connectivity index (χ4v) is 2.09. The van der Waals surface area contributed by atoms with Gasteiger partial charge >= 0.3 is 0 Å². The lowest BCUT2D eigenvalue weighted by molar-refractivity contribution is 0.477. The number of nitrogens with one attached hydrogen (secondary N) is 2. The summed E-state index contributed by atoms with van der Waals surface area (Å²) in [6.45, 7) is 2.68. The lowest BCUT2D eigenvalue weighted by Gasteiger charge is -2.12. The number of aromatic hydroxyl groups is 1. The smallest absolute Gasteiger partial charge is 0.170 e. The van der Waals surface area contributed by atoms with Crippen LogP contribution in [0.5, 0.6) is 5.75 Å². The Balaban J connectivity index is 1.81. The highest BCUT2D eigenvalue weighted by Gasteiger charge is 2.03. The second-order valence-corrected chi connectivity index (χ2v) is 5.05. The Kier molecular flexibility index (Phi) is 4.96. The van der Waals surface area contributed by atoms with E-state index in [1.165, 1.54) is 5.56 Å². The highest BCUT2D eigenvalue weighted by atomic mass is 32.1. The van der Waals surface area contributed by atoms with E-state index >= 15 is 0 Å². The van der Waals surface area contributed by atoms with Gasteiger partial charge in [0.2, 0.25) is 0 Å². The molecule has 0 aliphatic rings. The molecule has 0 saturated carbocycles. The highest BCUT2D eigenvalue weighted by molar-refractivity contribution is 7.80. The summed E-state index contributed by atoms with van der Waals surface area (Å²) in [6.07, 6.45) is 0.905. The molecule has 3 N–H and O–H groups in total. The zero-order chi connectivity index (χ0) is 14.4. The molecule has 2 aromatic rings. The van der Waals surface area contributed by atoms with Crippen molar-refractivity contribution in [3.05, 3.63) is 59.7 Å². The van der Waals surface area contributed by atoms with Gasteiger partial charge in [0.15, 0.2) is 5.11 Å². The van der Waals surface area contributed by atoms with E-state index in [-0.39, 0.29) is 5.75 Å². The molecule has 2 rings (SSSR count). The molecule has 0 atom stereocenters. The Labute approximate surface area is 124 Å². The molecule has 0 amide bonds. The van der Waals surface area contributed by atoms with Crippen molar-refractivity contribution in [2.45, 2.75) is 13.3 Å². The zero-order valence-corrected chi connectivity index (χ0v) is 12.2. The number of hydrogen-bond acceptors (Lipinski definition) is 2. The van der Waals surface area contributed by atoms with E-state index in [4.69, 9.17) is 12.2 Å². The minimum absolute atomic E-state index is 0.206. The molecular formula is C16H18N2OS. The van der Waals surface area contributed by atoms with Crippen LogP contribution in [0.15, 0.2) is 48.5 Å². The van der Waals surface area contributed by atoms with E-state index in [1.807, 2.05) is 37.3 Å². The predicted molar refractivity (Wildman–Crippen MR) is 87.2 cm³/mol. The SMILES string of the molecule is Cc1ccc(NC(=S)NCCc2ccccc2)c(O)c1. The largest absolute Gasteiger partial charge is 0.506 e. The third-order valence-electron chi connectivity index (χ3n) is 2.94. The maximum atomic E-state index is 9.79. The number of phenols is 1. The summed E-state index contributed by atoms with van der Waals surface area (Å²) in [5, 5.41) is 16.4. The molecule has 0 radical (unpaired) electrons. The van der Waals surface area contributed by atoms with Crippen molar-refractivity contribution in [2.24, 2.45) is 0 Å². The first-order chi connectivity index (χ1) is 9.65. The third kappa shape index (κ3) is 4.24. The average molecular weight is 286 g/mol. The van der Waals surface area contributed by atoms with Gasteiger partial charge in [-0.1, -0.05) is 36.4 Å². The van der Waals surface area contributed by atoms with Crippen LogP contribution >= 0.6 is 12.2 Å². The maximum absolute atomic E-state index is 9.79. The Bertz CT molecular complexity index is 584. The van der Waals surface area contributed by atoms with Gasteiger partial charge in [0, 0.05) is 6.54 Å². The molecule has 0 saturated heterocycles. The minimum Gasteiger partial charge on any atom is -0.506 e. The van der Waals surface area contributed by atoms with Gasteiger partial charge in [-0.05, 0) is 48.8 Å². The summed E-state index contributed by atoms with van der Waals surface area (Å²) in [5.74, 6) is 0.206. The molecule has 0 unspecified atom stereocenters. The number of anilines is 1. The Hall–Kier alpha value is -2.07. The molecule has 4 heteroatoms. The number of aryl methyl sites for hydroxylation is 1. The number of benzene rings is 2. The van der Waals surface area contributed by atoms with Gasteiger partial charge in [0.1, 0.15) is 5.75 Å². The highest BCUT2D eigenvalue weighted by Crippen LogP contribution is 2.23. The van der Waals surface area contributed by atoms with E-state index < -0.39 is 0 Å². The monoisotopic (exact) mass is 286 g/mol. The first-order valence-electron chi connectivity index (χ1n) is 6.53. The molecular weight excluding hydrogens is 268 g/mol. The normalized spacial score (nSPS) is 10.1. The standard InChI is InChI=1S/C16H18N2OS/c1-12-7-8-14(15(19)11-12)18-16(20)17-10-9-13-5-3-2-4-6-13/h2-8,11,19H,9-10H2,1H3,(H2,17,18,20). The number of rotatable bonds is 4. The van der Waals surface area contributed by atoms with Gasteiger partial charge in [-0.2, -0.15) is 0 Å². The second kappa shape index (κ2) is 6.91. The summed E-state index contributed by atoms with van der Waals surface area (Å²) < 4.78 is 0. The molecule has 0 heterocycles. The Morgan fingerprint density at radius 3 is 2.60 bits per heavy atom. The summed E-state index contributed by atoms with van der Waals surface area (Å²) >= 11 is 5.21. The van der Waals surface area contributed by atoms with E-state index in [0.717, 1.165) is 18.5 Å². The molecule has 0 spiro atoms. The van der Waals surface area contributed by atoms with Crippen LogP contribution in [0.3, 0.4) is 0 Å². The van der Waals surface area contributed by atoms with E-state index in [0.29, 0.717) is 10.8 Å². The van der Waals surface area contributed by atoms with Crippen LogP contribution in [-0.2, 0) is 6.42 Å². The molecule has 0 aliphatic heterocycles. The molecule has 3 nitrogen and oxygen atoms in total. The van der Waals surface area contributed by atoms with Crippen LogP contribution < -0.4 is 10.6 Å². The van der Waals surface area contributed by atoms with Crippen LogP contribution in [0.2, 0.25) is 0 Å². The zero-order valence-electron chi connectivity index (χ0n) is 11.4. The predicted octanol–water partition coefficient (Wildman–Crippen LogP) is 3.23. The van der Waals surface area contributed by atoms with Crippen molar-refractivity contribution in [1.29, 1.82) is 0 Å². The lowest BCUT2D eigenvalue weighted by atomic mass is 10.1. The van der Waals surface area contributed by atoms with E-state index in [2.05, 4.69) is 22.8 Å². The summed E-state index contributed by atoms with van der Waals surface area (Å²) in [6, 6.07) is 15.7. The number of phenolic OH excluding ortho intramolecular Hbond substituents is 1. The topological polar surface area (TPSA) is 44.3 Å². The van der Waals surface area contributed by atoms with Gasteiger partial charge < -0.3 is 15.7 Å². The first kappa shape index (κ1) is 14.3. The fourth-order valence-electron chi connectivity index (χ4n) is 1.88. The van der Waals surface area contributed by atoms with Crippen molar-refractivity contribution in [2.75, 3.05) is 11.9 Å². The van der Waals surface area contributed by atoms with Gasteiger partial charge in [0.25, 0.3) is 0 Å². The molecule has 20 heavy (non-hydrogen) atoms. The van der Waals surface area contributed by atoms with Gasteiger partial charge in [0.05, 0.1) is 5.69 Å². The molecule has 104 valence electrons. The molecule has 0 bridgehead atoms. The van der Waals surface area contributed by atoms with Gasteiger partial charge in [-0.3, -0.25) is 0 Å². The molecule has 2 aromatic carbocycles. The minimum atomic E-state index is 0.206. The van der Waals surface area contributed by atoms with Crippen LogP contribution in [0.4, 0.5) is 5.69 Å². The van der Waals surface area contributed by atoms with Crippen molar-refractivity contribution < 1.29 is 5.11 Å². The van der Waals surface area contributed by atoms with Crippen LogP contribution in [0, 0.1) is 6.92 Å². The van der Waals surface area contributed by atoms with E-state index in [9.17, 15) is 5.11 Å². The summed E-state index contributed by atoms with van der Waals surface area (Å²) in [7, 11) is 0. The molecule has 0 fully saturated rings. The second-order valence-electron chi connectivity index (χ2n) is 4.64. The van der Waals surface area contributed by atoms with Crippen molar-refractivity contribution in [3.63, 3.8) is 0 Å². The quantitative estimate of drug-likeness (QED) is 0.596. The first-order valence-corrected chi connectivity index (χ1v) is 6.94. The summed E-state index contributed by atoms with van der Waals surface area (Å²) in [5.41, 5.74) is 2.89. The van der Waals surface area contributed by atoms with Gasteiger partial charge in [-0.25, -0.2) is 0 Å². The lowest BCUT2D eigenvalue weighted by Crippen LogP contribution is -2.30. The van der Waals surface area contributed by atoms with Gasteiger partial charge in [-0.15, -0.1) is 0 Å².